The van der Waals surface area contributed by atoms with Gasteiger partial charge in [-0.25, -0.2) is 0 Å². The molecule has 0 saturated heterocycles. The lowest BCUT2D eigenvalue weighted by atomic mass is 9.84. The zero-order chi connectivity index (χ0) is 13.6. The average molecular weight is 257 g/mol. The van der Waals surface area contributed by atoms with E-state index < -0.39 is 0 Å². The van der Waals surface area contributed by atoms with E-state index in [1.54, 1.807) is 0 Å². The summed E-state index contributed by atoms with van der Waals surface area (Å²) in [5.41, 5.74) is -0.0335. The van der Waals surface area contributed by atoms with Crippen LogP contribution in [-0.2, 0) is 9.47 Å². The van der Waals surface area contributed by atoms with Gasteiger partial charge in [0.1, 0.15) is 0 Å². The van der Waals surface area contributed by atoms with Crippen LogP contribution < -0.4 is 5.32 Å². The van der Waals surface area contributed by atoms with E-state index in [4.69, 9.17) is 9.47 Å². The van der Waals surface area contributed by atoms with Gasteiger partial charge in [0.2, 0.25) is 0 Å². The van der Waals surface area contributed by atoms with Gasteiger partial charge in [0.25, 0.3) is 0 Å². The quantitative estimate of drug-likeness (QED) is 0.688. The highest BCUT2D eigenvalue weighted by molar-refractivity contribution is 4.98. The molecule has 1 rings (SSSR count). The highest BCUT2D eigenvalue weighted by Gasteiger charge is 2.44. The van der Waals surface area contributed by atoms with Crippen LogP contribution in [0.4, 0.5) is 0 Å². The third-order valence-electron chi connectivity index (χ3n) is 3.74. The summed E-state index contributed by atoms with van der Waals surface area (Å²) in [6.45, 7) is 12.8. The molecular formula is C15H31NO2. The number of nitrogens with one attached hydrogen (secondary N) is 1. The van der Waals surface area contributed by atoms with Crippen molar-refractivity contribution in [2.24, 2.45) is 0 Å². The average Bonchev–Trinajstić information content (AvgIpc) is 2.33. The first-order valence-corrected chi connectivity index (χ1v) is 7.56. The zero-order valence-corrected chi connectivity index (χ0v) is 12.8. The maximum atomic E-state index is 6.18. The maximum Gasteiger partial charge on any atom is 0.0990 e. The van der Waals surface area contributed by atoms with E-state index in [9.17, 15) is 0 Å². The van der Waals surface area contributed by atoms with Crippen molar-refractivity contribution in [3.63, 3.8) is 0 Å². The van der Waals surface area contributed by atoms with Crippen LogP contribution in [0.5, 0.6) is 0 Å². The van der Waals surface area contributed by atoms with Crippen LogP contribution in [0, 0.1) is 0 Å². The summed E-state index contributed by atoms with van der Waals surface area (Å²) in [6, 6.07) is 0.481. The summed E-state index contributed by atoms with van der Waals surface area (Å²) in [6.07, 6.45) is 4.86. The van der Waals surface area contributed by atoms with Gasteiger partial charge in [-0.1, -0.05) is 20.8 Å². The molecule has 0 heterocycles. The van der Waals surface area contributed by atoms with Crippen LogP contribution >= 0.6 is 0 Å². The Hall–Kier alpha value is -0.120. The number of rotatable bonds is 9. The molecule has 1 aliphatic rings. The highest BCUT2D eigenvalue weighted by Crippen LogP contribution is 2.32. The normalized spacial score (nSPS) is 28.2. The predicted molar refractivity (Wildman–Crippen MR) is 76.0 cm³/mol. The molecule has 108 valence electrons. The third kappa shape index (κ3) is 4.52. The van der Waals surface area contributed by atoms with Crippen LogP contribution in [0.3, 0.4) is 0 Å². The lowest BCUT2D eigenvalue weighted by Crippen LogP contribution is -2.61. The van der Waals surface area contributed by atoms with E-state index in [0.717, 1.165) is 32.4 Å². The first-order valence-electron chi connectivity index (χ1n) is 7.56. The molecule has 0 aromatic rings. The smallest absolute Gasteiger partial charge is 0.0990 e. The van der Waals surface area contributed by atoms with Gasteiger partial charge in [-0.3, -0.25) is 0 Å². The summed E-state index contributed by atoms with van der Waals surface area (Å²) in [5.74, 6) is 0. The molecule has 0 bridgehead atoms. The molecule has 3 atom stereocenters. The van der Waals surface area contributed by atoms with Gasteiger partial charge in [0.15, 0.2) is 0 Å². The number of ether oxygens (including phenoxy) is 2. The van der Waals surface area contributed by atoms with Gasteiger partial charge < -0.3 is 14.8 Å². The van der Waals surface area contributed by atoms with E-state index in [0.29, 0.717) is 6.04 Å². The lowest BCUT2D eigenvalue weighted by molar-refractivity contribution is -0.192. The largest absolute Gasteiger partial charge is 0.374 e. The van der Waals surface area contributed by atoms with Crippen molar-refractivity contribution < 1.29 is 9.47 Å². The molecule has 0 aromatic carbocycles. The van der Waals surface area contributed by atoms with Crippen LogP contribution in [-0.4, -0.2) is 37.0 Å². The van der Waals surface area contributed by atoms with E-state index >= 15 is 0 Å². The molecule has 1 fully saturated rings. The van der Waals surface area contributed by atoms with Crippen molar-refractivity contribution in [3.8, 4) is 0 Å². The van der Waals surface area contributed by atoms with E-state index in [2.05, 4.69) is 39.9 Å². The molecule has 0 radical (unpaired) electrons. The van der Waals surface area contributed by atoms with Crippen LogP contribution in [0.1, 0.15) is 60.3 Å². The van der Waals surface area contributed by atoms with Crippen molar-refractivity contribution in [2.75, 3.05) is 13.2 Å². The number of hydrogen-bond acceptors (Lipinski definition) is 3. The molecule has 18 heavy (non-hydrogen) atoms. The lowest BCUT2D eigenvalue weighted by Gasteiger charge is -2.47. The first-order chi connectivity index (χ1) is 8.54. The van der Waals surface area contributed by atoms with Crippen molar-refractivity contribution in [2.45, 2.75) is 84.2 Å². The topological polar surface area (TPSA) is 30.5 Å². The molecule has 1 aliphatic carbocycles. The van der Waals surface area contributed by atoms with E-state index in [1.807, 2.05) is 0 Å². The third-order valence-corrected chi connectivity index (χ3v) is 3.74. The molecule has 0 spiro atoms. The van der Waals surface area contributed by atoms with Crippen molar-refractivity contribution >= 4 is 0 Å². The Kier molecular flexibility index (Phi) is 6.61. The Bertz CT molecular complexity index is 231. The SMILES string of the molecule is CCCNC1CC(OC(C)(C)CC)C1OCCC. The predicted octanol–water partition coefficient (Wildman–Crippen LogP) is 3.13. The molecule has 0 aromatic heterocycles. The van der Waals surface area contributed by atoms with Crippen molar-refractivity contribution in [1.82, 2.24) is 5.32 Å². The van der Waals surface area contributed by atoms with Gasteiger partial charge in [-0.05, 0) is 46.1 Å². The zero-order valence-electron chi connectivity index (χ0n) is 12.8. The van der Waals surface area contributed by atoms with Crippen molar-refractivity contribution in [1.29, 1.82) is 0 Å². The van der Waals surface area contributed by atoms with Crippen LogP contribution in [0.25, 0.3) is 0 Å². The summed E-state index contributed by atoms with van der Waals surface area (Å²) in [5, 5.41) is 3.56. The second-order valence-electron chi connectivity index (χ2n) is 5.90. The van der Waals surface area contributed by atoms with Crippen molar-refractivity contribution in [3.05, 3.63) is 0 Å². The van der Waals surface area contributed by atoms with Gasteiger partial charge in [0, 0.05) is 12.6 Å². The molecule has 1 N–H and O–H groups in total. The van der Waals surface area contributed by atoms with Gasteiger partial charge in [-0.15, -0.1) is 0 Å². The van der Waals surface area contributed by atoms with E-state index in [1.165, 1.54) is 6.42 Å². The summed E-state index contributed by atoms with van der Waals surface area (Å²) in [7, 11) is 0. The summed E-state index contributed by atoms with van der Waals surface area (Å²) in [4.78, 5) is 0. The molecule has 0 amide bonds. The summed E-state index contributed by atoms with van der Waals surface area (Å²) >= 11 is 0. The Morgan fingerprint density at radius 3 is 2.44 bits per heavy atom. The van der Waals surface area contributed by atoms with E-state index in [-0.39, 0.29) is 17.8 Å². The second-order valence-corrected chi connectivity index (χ2v) is 5.90. The molecular weight excluding hydrogens is 226 g/mol. The monoisotopic (exact) mass is 257 g/mol. The Morgan fingerprint density at radius 2 is 1.89 bits per heavy atom. The molecule has 3 nitrogen and oxygen atoms in total. The molecule has 3 heteroatoms. The number of hydrogen-bond donors (Lipinski definition) is 1. The summed E-state index contributed by atoms with van der Waals surface area (Å²) < 4.78 is 12.1. The van der Waals surface area contributed by atoms with Crippen LogP contribution in [0.2, 0.25) is 0 Å². The van der Waals surface area contributed by atoms with Gasteiger partial charge in [0.05, 0.1) is 17.8 Å². The fraction of sp³-hybridized carbons (Fsp3) is 1.00. The molecule has 3 unspecified atom stereocenters. The van der Waals surface area contributed by atoms with Crippen LogP contribution in [0.15, 0.2) is 0 Å². The van der Waals surface area contributed by atoms with Gasteiger partial charge in [-0.2, -0.15) is 0 Å². The standard InChI is InChI=1S/C15H31NO2/c1-6-9-16-12-11-13(14(12)17-10-7-2)18-15(4,5)8-3/h12-14,16H,6-11H2,1-5H3. The fourth-order valence-electron chi connectivity index (χ4n) is 2.20. The second kappa shape index (κ2) is 7.46. The Morgan fingerprint density at radius 1 is 1.17 bits per heavy atom. The Labute approximate surface area is 113 Å². The minimum atomic E-state index is -0.0335. The van der Waals surface area contributed by atoms with Gasteiger partial charge >= 0.3 is 0 Å². The minimum absolute atomic E-state index is 0.0335. The molecule has 1 saturated carbocycles. The highest BCUT2D eigenvalue weighted by atomic mass is 16.6. The Balaban J connectivity index is 2.43. The maximum absolute atomic E-state index is 6.18. The first kappa shape index (κ1) is 15.9. The molecule has 0 aliphatic heterocycles. The fourth-order valence-corrected chi connectivity index (χ4v) is 2.20. The minimum Gasteiger partial charge on any atom is -0.374 e.